The van der Waals surface area contributed by atoms with E-state index in [1.807, 2.05) is 12.1 Å². The summed E-state index contributed by atoms with van der Waals surface area (Å²) in [5.41, 5.74) is 0.954. The van der Waals surface area contributed by atoms with E-state index >= 15 is 0 Å². The van der Waals surface area contributed by atoms with E-state index in [-0.39, 0.29) is 5.75 Å². The number of nitrogens with one attached hydrogen (secondary N) is 1. The molecule has 0 bridgehead atoms. The van der Waals surface area contributed by atoms with E-state index in [1.165, 1.54) is 0 Å². The van der Waals surface area contributed by atoms with Crippen LogP contribution in [0.2, 0.25) is 0 Å². The van der Waals surface area contributed by atoms with Crippen LogP contribution in [-0.2, 0) is 9.84 Å². The van der Waals surface area contributed by atoms with Crippen LogP contribution in [0.4, 0.5) is 5.69 Å². The largest absolute Gasteiger partial charge is 0.385 e. The average Bonchev–Trinajstić information content (AvgIpc) is 2.46. The predicted octanol–water partition coefficient (Wildman–Crippen LogP) is 3.94. The van der Waals surface area contributed by atoms with Crippen LogP contribution in [0.15, 0.2) is 29.2 Å². The second-order valence-corrected chi connectivity index (χ2v) is 7.60. The van der Waals surface area contributed by atoms with Gasteiger partial charge in [-0.05, 0) is 43.0 Å². The van der Waals surface area contributed by atoms with Crippen LogP contribution in [0.3, 0.4) is 0 Å². The molecule has 0 saturated heterocycles. The number of sulfone groups is 1. The predicted molar refractivity (Wildman–Crippen MR) is 86.4 cm³/mol. The molecular weight excluding hydrogens is 294 g/mol. The number of hydrogen-bond donors (Lipinski definition) is 1. The molecule has 0 aliphatic heterocycles. The Morgan fingerprint density at radius 2 is 1.80 bits per heavy atom. The van der Waals surface area contributed by atoms with E-state index < -0.39 is 9.84 Å². The molecule has 1 N–H and O–H groups in total. The van der Waals surface area contributed by atoms with Gasteiger partial charge in [0.25, 0.3) is 0 Å². The molecule has 1 unspecified atom stereocenters. The average molecular weight is 318 g/mol. The van der Waals surface area contributed by atoms with Crippen molar-refractivity contribution in [3.8, 4) is 0 Å². The molecule has 0 aliphatic rings. The van der Waals surface area contributed by atoms with Gasteiger partial charge in [0.2, 0.25) is 0 Å². The van der Waals surface area contributed by atoms with Crippen molar-refractivity contribution >= 4 is 27.1 Å². The molecule has 1 aromatic carbocycles. The van der Waals surface area contributed by atoms with Gasteiger partial charge in [-0.2, -0.15) is 0 Å². The number of benzene rings is 1. The van der Waals surface area contributed by atoms with Crippen molar-refractivity contribution in [3.63, 3.8) is 0 Å². The minimum atomic E-state index is -3.11. The van der Waals surface area contributed by atoms with Gasteiger partial charge < -0.3 is 5.32 Å². The van der Waals surface area contributed by atoms with Crippen LogP contribution in [0, 0.1) is 5.92 Å². The van der Waals surface area contributed by atoms with Gasteiger partial charge in [0, 0.05) is 18.1 Å². The second kappa shape index (κ2) is 8.53. The zero-order valence-corrected chi connectivity index (χ0v) is 13.8. The normalized spacial score (nSPS) is 13.2. The van der Waals surface area contributed by atoms with Gasteiger partial charge >= 0.3 is 0 Å². The van der Waals surface area contributed by atoms with Crippen LogP contribution >= 0.6 is 11.6 Å². The van der Waals surface area contributed by atoms with Crippen LogP contribution in [-0.4, -0.2) is 26.6 Å². The maximum atomic E-state index is 11.7. The summed E-state index contributed by atoms with van der Waals surface area (Å²) >= 11 is 5.81. The van der Waals surface area contributed by atoms with Gasteiger partial charge in [-0.15, -0.1) is 11.6 Å². The third-order valence-corrected chi connectivity index (χ3v) is 5.37. The van der Waals surface area contributed by atoms with E-state index in [0.717, 1.165) is 31.5 Å². The first-order valence-corrected chi connectivity index (χ1v) is 9.34. The smallest absolute Gasteiger partial charge is 0.178 e. The summed E-state index contributed by atoms with van der Waals surface area (Å²) in [6.45, 7) is 4.70. The standard InChI is InChI=1S/C15H24ClNO2S/c1-3-5-13(10-11-16)12-17-14-6-8-15(9-7-14)20(18,19)4-2/h6-9,13,17H,3-5,10-12H2,1-2H3. The van der Waals surface area contributed by atoms with E-state index in [2.05, 4.69) is 12.2 Å². The molecule has 0 heterocycles. The Balaban J connectivity index is 2.61. The highest BCUT2D eigenvalue weighted by molar-refractivity contribution is 7.91. The monoisotopic (exact) mass is 317 g/mol. The highest BCUT2D eigenvalue weighted by atomic mass is 35.5. The van der Waals surface area contributed by atoms with E-state index in [9.17, 15) is 8.42 Å². The van der Waals surface area contributed by atoms with Gasteiger partial charge in [0.15, 0.2) is 9.84 Å². The first kappa shape index (κ1) is 17.3. The summed E-state index contributed by atoms with van der Waals surface area (Å²) in [4.78, 5) is 0.386. The lowest BCUT2D eigenvalue weighted by Gasteiger charge is -2.16. The lowest BCUT2D eigenvalue weighted by Crippen LogP contribution is -2.15. The van der Waals surface area contributed by atoms with E-state index in [1.54, 1.807) is 19.1 Å². The Labute approximate surface area is 127 Å². The van der Waals surface area contributed by atoms with E-state index in [0.29, 0.717) is 16.7 Å². The minimum Gasteiger partial charge on any atom is -0.385 e. The van der Waals surface area contributed by atoms with Gasteiger partial charge in [-0.25, -0.2) is 8.42 Å². The fourth-order valence-corrected chi connectivity index (χ4v) is 3.31. The highest BCUT2D eigenvalue weighted by Gasteiger charge is 2.11. The number of halogens is 1. The third kappa shape index (κ3) is 5.33. The summed E-state index contributed by atoms with van der Waals surface area (Å²) < 4.78 is 23.4. The van der Waals surface area contributed by atoms with Crippen LogP contribution < -0.4 is 5.32 Å². The molecule has 1 aromatic rings. The Bertz CT molecular complexity index is 479. The first-order chi connectivity index (χ1) is 9.53. The highest BCUT2D eigenvalue weighted by Crippen LogP contribution is 2.17. The molecule has 1 rings (SSSR count). The van der Waals surface area contributed by atoms with E-state index in [4.69, 9.17) is 11.6 Å². The zero-order valence-electron chi connectivity index (χ0n) is 12.2. The Morgan fingerprint density at radius 3 is 2.30 bits per heavy atom. The molecule has 20 heavy (non-hydrogen) atoms. The van der Waals surface area contributed by atoms with Crippen molar-refractivity contribution in [1.82, 2.24) is 0 Å². The molecule has 3 nitrogen and oxygen atoms in total. The quantitative estimate of drug-likeness (QED) is 0.702. The van der Waals surface area contributed by atoms with Gasteiger partial charge in [0.1, 0.15) is 0 Å². The molecule has 5 heteroatoms. The third-order valence-electron chi connectivity index (χ3n) is 3.40. The second-order valence-electron chi connectivity index (χ2n) is 4.94. The number of hydrogen-bond acceptors (Lipinski definition) is 3. The van der Waals surface area contributed by atoms with Crippen LogP contribution in [0.5, 0.6) is 0 Å². The van der Waals surface area contributed by atoms with Gasteiger partial charge in [-0.1, -0.05) is 20.3 Å². The molecule has 0 aliphatic carbocycles. The Hall–Kier alpha value is -0.740. The summed E-state index contributed by atoms with van der Waals surface area (Å²) in [6.07, 6.45) is 3.31. The summed E-state index contributed by atoms with van der Waals surface area (Å²) in [5, 5.41) is 3.36. The lowest BCUT2D eigenvalue weighted by atomic mass is 10.0. The summed E-state index contributed by atoms with van der Waals surface area (Å²) in [7, 11) is -3.11. The minimum absolute atomic E-state index is 0.133. The van der Waals surface area contributed by atoms with Crippen molar-refractivity contribution in [1.29, 1.82) is 0 Å². The molecule has 0 saturated carbocycles. The van der Waals surface area contributed by atoms with Crippen molar-refractivity contribution in [3.05, 3.63) is 24.3 Å². The zero-order chi connectivity index (χ0) is 15.0. The lowest BCUT2D eigenvalue weighted by molar-refractivity contribution is 0.490. The molecular formula is C15H24ClNO2S. The maximum absolute atomic E-state index is 11.7. The molecule has 0 aromatic heterocycles. The number of anilines is 1. The topological polar surface area (TPSA) is 46.2 Å². The fraction of sp³-hybridized carbons (Fsp3) is 0.600. The van der Waals surface area contributed by atoms with Crippen molar-refractivity contribution in [2.45, 2.75) is 38.0 Å². The maximum Gasteiger partial charge on any atom is 0.178 e. The molecule has 0 amide bonds. The Kier molecular flexibility index (Phi) is 7.38. The van der Waals surface area contributed by atoms with Crippen molar-refractivity contribution in [2.24, 2.45) is 5.92 Å². The summed E-state index contributed by atoms with van der Waals surface area (Å²) in [5.74, 6) is 1.38. The summed E-state index contributed by atoms with van der Waals surface area (Å²) in [6, 6.07) is 6.98. The first-order valence-electron chi connectivity index (χ1n) is 7.16. The van der Waals surface area contributed by atoms with Crippen molar-refractivity contribution in [2.75, 3.05) is 23.5 Å². The van der Waals surface area contributed by atoms with Crippen LogP contribution in [0.25, 0.3) is 0 Å². The fourth-order valence-electron chi connectivity index (χ4n) is 2.12. The Morgan fingerprint density at radius 1 is 1.15 bits per heavy atom. The SMILES string of the molecule is CCCC(CCCl)CNc1ccc(S(=O)(=O)CC)cc1. The molecule has 1 atom stereocenters. The number of alkyl halides is 1. The molecule has 0 spiro atoms. The van der Waals surface area contributed by atoms with Gasteiger partial charge in [-0.3, -0.25) is 0 Å². The van der Waals surface area contributed by atoms with Crippen molar-refractivity contribution < 1.29 is 8.42 Å². The van der Waals surface area contributed by atoms with Crippen LogP contribution in [0.1, 0.15) is 33.1 Å². The molecule has 114 valence electrons. The number of rotatable bonds is 9. The van der Waals surface area contributed by atoms with Gasteiger partial charge in [0.05, 0.1) is 10.6 Å². The molecule has 0 radical (unpaired) electrons. The molecule has 0 fully saturated rings.